The molecule has 5 heteroatoms. The first-order chi connectivity index (χ1) is 3.80. The minimum absolute atomic E-state index is 0.106. The van der Waals surface area contributed by atoms with Crippen molar-refractivity contribution in [3.8, 4) is 0 Å². The van der Waals surface area contributed by atoms with Gasteiger partial charge in [-0.2, -0.15) is 0 Å². The number of hydrogen-bond donors (Lipinski definition) is 0. The first kappa shape index (κ1) is 5.17. The molecular weight excluding hydrogens is 128 g/mol. The molecule has 1 rings (SSSR count). The van der Waals surface area contributed by atoms with E-state index in [-0.39, 0.29) is 5.13 Å². The predicted octanol–water partition coefficient (Wildman–Crippen LogP) is 0.851. The Morgan fingerprint density at radius 3 is 3.00 bits per heavy atom. The normalized spacial score (nSPS) is 9.00. The van der Waals surface area contributed by atoms with Gasteiger partial charge in [0.15, 0.2) is 6.20 Å². The molecule has 0 aliphatic rings. The van der Waals surface area contributed by atoms with Gasteiger partial charge >= 0.3 is 5.13 Å². The average molecular weight is 129 g/mol. The maximum Gasteiger partial charge on any atom is 0.423 e. The molecule has 0 saturated carbocycles. The molecule has 8 heavy (non-hydrogen) atoms. The second kappa shape index (κ2) is 1.87. The van der Waals surface area contributed by atoms with Gasteiger partial charge in [-0.05, 0) is 21.2 Å². The number of hydrogen-bond acceptors (Lipinski definition) is 4. The van der Waals surface area contributed by atoms with Crippen LogP contribution in [0.25, 0.3) is 0 Å². The van der Waals surface area contributed by atoms with Crippen molar-refractivity contribution < 1.29 is 4.92 Å². The lowest BCUT2D eigenvalue weighted by Gasteiger charge is -1.80. The van der Waals surface area contributed by atoms with Crippen LogP contribution in [-0.4, -0.2) is 9.91 Å². The van der Waals surface area contributed by atoms with Gasteiger partial charge in [0.05, 0.1) is 0 Å². The van der Waals surface area contributed by atoms with Crippen LogP contribution in [0.5, 0.6) is 0 Å². The van der Waals surface area contributed by atoms with Gasteiger partial charge in [-0.3, -0.25) is 0 Å². The molecule has 4 nitrogen and oxygen atoms in total. The Morgan fingerprint density at radius 1 is 2.00 bits per heavy atom. The highest BCUT2D eigenvalue weighted by atomic mass is 32.1. The largest absolute Gasteiger partial charge is 0.423 e. The van der Waals surface area contributed by atoms with E-state index in [4.69, 9.17) is 0 Å². The minimum atomic E-state index is -0.541. The van der Waals surface area contributed by atoms with E-state index in [0.29, 0.717) is 0 Å². The van der Waals surface area contributed by atoms with Crippen LogP contribution in [0.3, 0.4) is 0 Å². The molecule has 0 fully saturated rings. The highest BCUT2D eigenvalue weighted by Gasteiger charge is 2.04. The van der Waals surface area contributed by atoms with Crippen LogP contribution in [0.15, 0.2) is 6.20 Å². The van der Waals surface area contributed by atoms with Crippen LogP contribution < -0.4 is 0 Å². The van der Waals surface area contributed by atoms with Crippen LogP contribution in [0.2, 0.25) is 0 Å². The Morgan fingerprint density at radius 2 is 2.75 bits per heavy atom. The molecule has 0 aliphatic carbocycles. The summed E-state index contributed by atoms with van der Waals surface area (Å²) >= 11 is 0.896. The third-order valence-electron chi connectivity index (χ3n) is 0.534. The number of nitrogens with zero attached hydrogens (tertiary/aromatic N) is 2. The van der Waals surface area contributed by atoms with E-state index in [0.717, 1.165) is 11.3 Å². The average Bonchev–Trinajstić information content (AvgIpc) is 2.12. The standard InChI is InChI=1S/C3HN2O2S/c6-5(7)3-4-1-2-8-3/h1H. The maximum absolute atomic E-state index is 9.80. The lowest BCUT2D eigenvalue weighted by Crippen LogP contribution is -1.83. The fourth-order valence-corrected chi connectivity index (χ4v) is 0.662. The van der Waals surface area contributed by atoms with Gasteiger partial charge in [0, 0.05) is 0 Å². The summed E-state index contributed by atoms with van der Waals surface area (Å²) < 4.78 is 0. The van der Waals surface area contributed by atoms with Gasteiger partial charge in [-0.1, -0.05) is 0 Å². The number of nitro groups is 1. The zero-order valence-electron chi connectivity index (χ0n) is 3.70. The Balaban J connectivity index is 2.93. The third kappa shape index (κ3) is 0.812. The minimum Gasteiger partial charge on any atom is -0.357 e. The van der Waals surface area contributed by atoms with Crippen molar-refractivity contribution in [1.29, 1.82) is 0 Å². The summed E-state index contributed by atoms with van der Waals surface area (Å²) in [6, 6.07) is 0. The van der Waals surface area contributed by atoms with E-state index < -0.39 is 4.92 Å². The van der Waals surface area contributed by atoms with Crippen molar-refractivity contribution in [3.63, 3.8) is 0 Å². The van der Waals surface area contributed by atoms with E-state index in [1.54, 1.807) is 0 Å². The Labute approximate surface area is 48.9 Å². The van der Waals surface area contributed by atoms with Gasteiger partial charge in [0.1, 0.15) is 5.38 Å². The van der Waals surface area contributed by atoms with Crippen LogP contribution in [0.4, 0.5) is 5.13 Å². The summed E-state index contributed by atoms with van der Waals surface area (Å²) in [5, 5.41) is 12.2. The fraction of sp³-hybridized carbons (Fsp3) is 0. The van der Waals surface area contributed by atoms with Crippen molar-refractivity contribution in [2.45, 2.75) is 0 Å². The summed E-state index contributed by atoms with van der Waals surface area (Å²) in [5.74, 6) is 0. The monoisotopic (exact) mass is 129 g/mol. The number of aromatic nitrogens is 1. The molecule has 0 bridgehead atoms. The zero-order chi connectivity index (χ0) is 5.98. The Kier molecular flexibility index (Phi) is 1.21. The zero-order valence-corrected chi connectivity index (χ0v) is 4.51. The van der Waals surface area contributed by atoms with Gasteiger partial charge in [-0.25, -0.2) is 0 Å². The second-order valence-corrected chi connectivity index (χ2v) is 1.82. The van der Waals surface area contributed by atoms with E-state index in [1.165, 1.54) is 6.20 Å². The van der Waals surface area contributed by atoms with Crippen LogP contribution in [-0.2, 0) is 0 Å². The van der Waals surface area contributed by atoms with Crippen molar-refractivity contribution >= 4 is 16.5 Å². The van der Waals surface area contributed by atoms with Crippen molar-refractivity contribution in [3.05, 3.63) is 21.7 Å². The molecule has 0 saturated heterocycles. The van der Waals surface area contributed by atoms with Crippen LogP contribution >= 0.6 is 11.3 Å². The fourth-order valence-electron chi connectivity index (χ4n) is 0.271. The SMILES string of the molecule is O=[N+]([O-])c1nc[c]s1. The number of rotatable bonds is 1. The Bertz CT molecular complexity index is 183. The molecule has 0 unspecified atom stereocenters. The van der Waals surface area contributed by atoms with Crippen LogP contribution in [0, 0.1) is 15.5 Å². The van der Waals surface area contributed by atoms with Crippen molar-refractivity contribution in [2.24, 2.45) is 0 Å². The third-order valence-corrected chi connectivity index (χ3v) is 1.19. The smallest absolute Gasteiger partial charge is 0.357 e. The van der Waals surface area contributed by atoms with Gasteiger partial charge in [-0.15, -0.1) is 0 Å². The quantitative estimate of drug-likeness (QED) is 0.417. The molecule has 0 aliphatic heterocycles. The van der Waals surface area contributed by atoms with E-state index in [1.807, 2.05) is 0 Å². The molecule has 0 amide bonds. The molecule has 0 N–H and O–H groups in total. The van der Waals surface area contributed by atoms with Crippen LogP contribution in [0.1, 0.15) is 0 Å². The predicted molar refractivity (Wildman–Crippen MR) is 27.6 cm³/mol. The lowest BCUT2D eigenvalue weighted by molar-refractivity contribution is -0.384. The molecule has 1 aromatic rings. The molecule has 1 aromatic heterocycles. The highest BCUT2D eigenvalue weighted by Crippen LogP contribution is 2.11. The Hall–Kier alpha value is -0.970. The second-order valence-electron chi connectivity index (χ2n) is 1.02. The molecule has 41 valence electrons. The summed E-state index contributed by atoms with van der Waals surface area (Å²) in [6.45, 7) is 0. The molecule has 0 spiro atoms. The lowest BCUT2D eigenvalue weighted by atomic mass is 11.0. The van der Waals surface area contributed by atoms with E-state index in [2.05, 4.69) is 10.4 Å². The van der Waals surface area contributed by atoms with E-state index in [9.17, 15) is 10.1 Å². The first-order valence-corrected chi connectivity index (χ1v) is 2.58. The topological polar surface area (TPSA) is 56.0 Å². The summed E-state index contributed by atoms with van der Waals surface area (Å²) in [7, 11) is 0. The van der Waals surface area contributed by atoms with E-state index >= 15 is 0 Å². The molecule has 0 aromatic carbocycles. The number of thiazole rings is 1. The maximum atomic E-state index is 9.80. The molecule has 0 atom stereocenters. The van der Waals surface area contributed by atoms with Crippen molar-refractivity contribution in [1.82, 2.24) is 4.98 Å². The molecular formula is C3HN2O2S. The highest BCUT2D eigenvalue weighted by molar-refractivity contribution is 7.12. The van der Waals surface area contributed by atoms with Gasteiger partial charge < -0.3 is 10.1 Å². The summed E-state index contributed by atoms with van der Waals surface area (Å²) in [4.78, 5) is 12.6. The summed E-state index contributed by atoms with van der Waals surface area (Å²) in [5.41, 5.74) is 0. The summed E-state index contributed by atoms with van der Waals surface area (Å²) in [6.07, 6.45) is 1.28. The first-order valence-electron chi connectivity index (χ1n) is 1.77. The van der Waals surface area contributed by atoms with Crippen molar-refractivity contribution in [2.75, 3.05) is 0 Å². The molecule has 1 heterocycles. The van der Waals surface area contributed by atoms with Gasteiger partial charge in [0.2, 0.25) is 0 Å². The van der Waals surface area contributed by atoms with Gasteiger partial charge in [0.25, 0.3) is 0 Å². The molecule has 1 radical (unpaired) electrons.